The fraction of sp³-hybridized carbons (Fsp3) is 0.400. The lowest BCUT2D eigenvalue weighted by Crippen LogP contribution is -2.22. The minimum Gasteiger partial charge on any atom is -0.312 e. The molecule has 2 rings (SSSR count). The van der Waals surface area contributed by atoms with Crippen molar-refractivity contribution in [3.05, 3.63) is 51.8 Å². The van der Waals surface area contributed by atoms with Crippen LogP contribution in [0.25, 0.3) is 0 Å². The quantitative estimate of drug-likeness (QED) is 0.875. The van der Waals surface area contributed by atoms with Gasteiger partial charge in [-0.2, -0.15) is 5.10 Å². The van der Waals surface area contributed by atoms with E-state index < -0.39 is 17.7 Å². The van der Waals surface area contributed by atoms with Gasteiger partial charge in [-0.1, -0.05) is 15.9 Å². The Morgan fingerprint density at radius 3 is 2.38 bits per heavy atom. The fourth-order valence-corrected chi connectivity index (χ4v) is 2.62. The van der Waals surface area contributed by atoms with Crippen LogP contribution in [0.5, 0.6) is 0 Å². The van der Waals surface area contributed by atoms with Crippen LogP contribution in [0.15, 0.2) is 28.9 Å². The van der Waals surface area contributed by atoms with Crippen molar-refractivity contribution in [1.82, 2.24) is 15.1 Å². The summed E-state index contributed by atoms with van der Waals surface area (Å²) < 4.78 is 30.3. The fourth-order valence-electron chi connectivity index (χ4n) is 2.22. The lowest BCUT2D eigenvalue weighted by molar-refractivity contribution is 0.478. The van der Waals surface area contributed by atoms with Gasteiger partial charge < -0.3 is 5.32 Å². The smallest absolute Gasteiger partial charge is 0.132 e. The van der Waals surface area contributed by atoms with Gasteiger partial charge in [0.15, 0.2) is 0 Å². The highest BCUT2D eigenvalue weighted by Gasteiger charge is 2.21. The maximum atomic E-state index is 14.0. The van der Waals surface area contributed by atoms with E-state index in [9.17, 15) is 8.78 Å². The van der Waals surface area contributed by atoms with Crippen LogP contribution in [-0.4, -0.2) is 16.8 Å². The summed E-state index contributed by atoms with van der Waals surface area (Å²) in [6.45, 7) is 4.06. The van der Waals surface area contributed by atoms with E-state index in [0.717, 1.165) is 5.69 Å². The number of benzene rings is 1. The summed E-state index contributed by atoms with van der Waals surface area (Å²) in [5.74, 6) is -1.13. The van der Waals surface area contributed by atoms with E-state index >= 15 is 0 Å². The lowest BCUT2D eigenvalue weighted by atomic mass is 10.0. The van der Waals surface area contributed by atoms with Gasteiger partial charge in [-0.05, 0) is 39.1 Å². The molecule has 1 heterocycles. The summed E-state index contributed by atoms with van der Waals surface area (Å²) >= 11 is 3.09. The zero-order valence-corrected chi connectivity index (χ0v) is 13.8. The van der Waals surface area contributed by atoms with Crippen LogP contribution in [0.1, 0.15) is 37.2 Å². The lowest BCUT2D eigenvalue weighted by Gasteiger charge is -2.17. The minimum atomic E-state index is -0.565. The summed E-state index contributed by atoms with van der Waals surface area (Å²) in [6, 6.07) is 4.21. The first-order valence-corrected chi connectivity index (χ1v) is 7.57. The second kappa shape index (κ2) is 6.66. The first-order valence-electron chi connectivity index (χ1n) is 6.78. The van der Waals surface area contributed by atoms with E-state index in [-0.39, 0.29) is 11.6 Å². The minimum absolute atomic E-state index is 0.0415. The van der Waals surface area contributed by atoms with E-state index in [1.165, 1.54) is 12.1 Å². The average molecular weight is 358 g/mol. The summed E-state index contributed by atoms with van der Waals surface area (Å²) in [4.78, 5) is 0. The number of nitrogens with zero attached hydrogens (tertiary/aromatic N) is 2. The number of rotatable bonds is 5. The van der Waals surface area contributed by atoms with Crippen LogP contribution >= 0.6 is 15.9 Å². The number of likely N-dealkylation sites (N-methyl/N-ethyl adjacent to an activating group) is 1. The molecule has 0 aliphatic carbocycles. The van der Waals surface area contributed by atoms with E-state index in [4.69, 9.17) is 0 Å². The Bertz CT molecular complexity index is 602. The molecule has 0 amide bonds. The predicted octanol–water partition coefficient (Wildman–Crippen LogP) is 4.01. The number of halogens is 3. The van der Waals surface area contributed by atoms with E-state index in [0.29, 0.717) is 10.9 Å². The molecule has 0 aliphatic heterocycles. The van der Waals surface area contributed by atoms with Gasteiger partial charge >= 0.3 is 0 Å². The molecule has 0 radical (unpaired) electrons. The van der Waals surface area contributed by atoms with Crippen molar-refractivity contribution >= 4 is 15.9 Å². The van der Waals surface area contributed by atoms with Crippen LogP contribution in [0, 0.1) is 11.6 Å². The van der Waals surface area contributed by atoms with Crippen LogP contribution in [0.4, 0.5) is 8.78 Å². The van der Waals surface area contributed by atoms with Crippen LogP contribution < -0.4 is 5.32 Å². The largest absolute Gasteiger partial charge is 0.312 e. The van der Waals surface area contributed by atoms with E-state index in [1.54, 1.807) is 7.05 Å². The highest BCUT2D eigenvalue weighted by Crippen LogP contribution is 2.27. The second-order valence-corrected chi connectivity index (χ2v) is 6.13. The molecule has 0 saturated heterocycles. The Hall–Kier alpha value is -1.27. The molecule has 1 N–H and O–H groups in total. The molecule has 1 aromatic carbocycles. The maximum absolute atomic E-state index is 14.0. The molecule has 2 aromatic rings. The SMILES string of the molecule is CNC(Cc1ccn(C(C)C)n1)c1c(F)cc(Br)cc1F. The standard InChI is InChI=1S/C15H18BrF2N3/c1-9(2)21-5-4-11(20-21)8-14(19-3)15-12(17)6-10(16)7-13(15)18/h4-7,9,14,19H,8H2,1-3H3. The van der Waals surface area contributed by atoms with Crippen LogP contribution in [0.3, 0.4) is 0 Å². The van der Waals surface area contributed by atoms with Crippen molar-refractivity contribution in [1.29, 1.82) is 0 Å². The Balaban J connectivity index is 2.27. The summed E-state index contributed by atoms with van der Waals surface area (Å²) in [7, 11) is 1.69. The normalized spacial score (nSPS) is 12.9. The molecule has 0 aliphatic rings. The van der Waals surface area contributed by atoms with Gasteiger partial charge in [0.05, 0.1) is 5.69 Å². The maximum Gasteiger partial charge on any atom is 0.132 e. The Kier molecular flexibility index (Phi) is 5.11. The zero-order valence-electron chi connectivity index (χ0n) is 12.2. The second-order valence-electron chi connectivity index (χ2n) is 5.21. The Morgan fingerprint density at radius 2 is 1.90 bits per heavy atom. The van der Waals surface area contributed by atoms with Crippen LogP contribution in [0.2, 0.25) is 0 Å². The summed E-state index contributed by atoms with van der Waals surface area (Å²) in [6.07, 6.45) is 2.30. The number of hydrogen-bond acceptors (Lipinski definition) is 2. The number of hydrogen-bond donors (Lipinski definition) is 1. The van der Waals surface area contributed by atoms with Crippen molar-refractivity contribution in [2.75, 3.05) is 7.05 Å². The van der Waals surface area contributed by atoms with Gasteiger partial charge in [-0.15, -0.1) is 0 Å². The molecule has 21 heavy (non-hydrogen) atoms. The Morgan fingerprint density at radius 1 is 1.29 bits per heavy atom. The topological polar surface area (TPSA) is 29.9 Å². The van der Waals surface area contributed by atoms with Gasteiger partial charge in [0, 0.05) is 34.7 Å². The molecule has 0 bridgehead atoms. The zero-order chi connectivity index (χ0) is 15.6. The molecule has 0 saturated carbocycles. The van der Waals surface area contributed by atoms with Crippen molar-refractivity contribution in [3.8, 4) is 0 Å². The third-order valence-corrected chi connectivity index (χ3v) is 3.80. The molecule has 6 heteroatoms. The molecule has 1 aromatic heterocycles. The monoisotopic (exact) mass is 357 g/mol. The molecule has 1 unspecified atom stereocenters. The van der Waals surface area contributed by atoms with E-state index in [1.807, 2.05) is 30.8 Å². The van der Waals surface area contributed by atoms with Crippen molar-refractivity contribution in [3.63, 3.8) is 0 Å². The van der Waals surface area contributed by atoms with Crippen molar-refractivity contribution in [2.24, 2.45) is 0 Å². The molecule has 114 valence electrons. The molecular formula is C15H18BrF2N3. The predicted molar refractivity (Wildman–Crippen MR) is 82.2 cm³/mol. The molecule has 3 nitrogen and oxygen atoms in total. The van der Waals surface area contributed by atoms with E-state index in [2.05, 4.69) is 26.3 Å². The number of aromatic nitrogens is 2. The average Bonchev–Trinajstić information content (AvgIpc) is 2.85. The van der Waals surface area contributed by atoms with Gasteiger partial charge in [-0.25, -0.2) is 8.78 Å². The highest BCUT2D eigenvalue weighted by atomic mass is 79.9. The van der Waals surface area contributed by atoms with Gasteiger partial charge in [0.2, 0.25) is 0 Å². The summed E-state index contributed by atoms with van der Waals surface area (Å²) in [5, 5.41) is 7.38. The molecule has 0 fully saturated rings. The van der Waals surface area contributed by atoms with Crippen molar-refractivity contribution in [2.45, 2.75) is 32.4 Å². The first-order chi connectivity index (χ1) is 9.92. The molecule has 1 atom stereocenters. The Labute approximate surface area is 131 Å². The molecule has 0 spiro atoms. The summed E-state index contributed by atoms with van der Waals surface area (Å²) in [5.41, 5.74) is 0.838. The third-order valence-electron chi connectivity index (χ3n) is 3.35. The van der Waals surface area contributed by atoms with Gasteiger partial charge in [0.1, 0.15) is 11.6 Å². The highest BCUT2D eigenvalue weighted by molar-refractivity contribution is 9.10. The third kappa shape index (κ3) is 3.68. The van der Waals surface area contributed by atoms with Gasteiger partial charge in [-0.3, -0.25) is 4.68 Å². The van der Waals surface area contributed by atoms with Gasteiger partial charge in [0.25, 0.3) is 0 Å². The first kappa shape index (κ1) is 16.1. The van der Waals surface area contributed by atoms with Crippen molar-refractivity contribution < 1.29 is 8.78 Å². The van der Waals surface area contributed by atoms with Crippen LogP contribution in [-0.2, 0) is 6.42 Å². The molecular weight excluding hydrogens is 340 g/mol. The number of nitrogens with one attached hydrogen (secondary N) is 1.